The third kappa shape index (κ3) is 41.0. The number of ether oxygens (including phenoxy) is 5. The monoisotopic (exact) mass is 1050 g/mol. The van der Waals surface area contributed by atoms with Gasteiger partial charge in [-0.25, -0.2) is 4.79 Å². The number of unbranched alkanes of at least 4 members (excludes halogenated alkanes) is 24. The Balaban J connectivity index is 2.69. The third-order valence-corrected chi connectivity index (χ3v) is 13.3. The number of hydrogen-bond acceptors (Lipinski definition) is 11. The van der Waals surface area contributed by atoms with E-state index in [1.165, 1.54) is 70.6 Å². The summed E-state index contributed by atoms with van der Waals surface area (Å²) in [5, 5.41) is 31.5. The van der Waals surface area contributed by atoms with Crippen LogP contribution in [0.2, 0.25) is 0 Å². The number of carboxylic acids is 1. The van der Waals surface area contributed by atoms with Crippen LogP contribution in [0.25, 0.3) is 0 Å². The van der Waals surface area contributed by atoms with Gasteiger partial charge in [0.05, 0.1) is 6.61 Å². The lowest BCUT2D eigenvalue weighted by molar-refractivity contribution is -0.301. The fourth-order valence-corrected chi connectivity index (χ4v) is 8.75. The minimum Gasteiger partial charge on any atom is -0.479 e. The summed E-state index contributed by atoms with van der Waals surface area (Å²) in [6.07, 6.45) is 51.6. The summed E-state index contributed by atoms with van der Waals surface area (Å²) in [6, 6.07) is 0. The van der Waals surface area contributed by atoms with Gasteiger partial charge in [-0.3, -0.25) is 14.4 Å². The van der Waals surface area contributed by atoms with Gasteiger partial charge in [-0.15, -0.1) is 0 Å². The molecule has 12 nitrogen and oxygen atoms in total. The van der Waals surface area contributed by atoms with Crippen molar-refractivity contribution in [1.29, 1.82) is 0 Å². The Labute approximate surface area is 455 Å². The van der Waals surface area contributed by atoms with E-state index in [9.17, 15) is 34.5 Å². The standard InChI is InChI=1S/C63H106O12/c1-4-7-10-13-16-19-22-25-27-28-30-33-36-39-42-45-48-51-57(66)74-61-59(68)58(67)60(62(69)70)75-63(61)72-53-54(73-56(65)50-47-44-41-38-35-31-24-21-18-15-12-9-6-3)52-71-55(64)49-46-43-40-37-34-32-29-26-23-20-17-14-11-8-5-2/h7,9-10,12,16,18-19,21,25,27,31,35,54,58-61,63,67-68H,4-6,8,11,13-15,17,20,22-24,26,28-30,32-34,36-53H2,1-3H3,(H,69,70)/b10-7-,12-9-,19-16-,21-18-,27-25-,35-31-. The van der Waals surface area contributed by atoms with Gasteiger partial charge in [-0.05, 0) is 83.5 Å². The van der Waals surface area contributed by atoms with Crippen LogP contribution < -0.4 is 0 Å². The maximum Gasteiger partial charge on any atom is 0.335 e. The molecule has 0 aromatic rings. The number of allylic oxidation sites excluding steroid dienone is 12. The first-order chi connectivity index (χ1) is 36.6. The summed E-state index contributed by atoms with van der Waals surface area (Å²) in [4.78, 5) is 51.1. The number of aliphatic hydroxyl groups is 2. The fraction of sp³-hybridized carbons (Fsp3) is 0.746. The Morgan fingerprint density at radius 1 is 0.453 bits per heavy atom. The van der Waals surface area contributed by atoms with E-state index >= 15 is 0 Å². The SMILES string of the molecule is CC/C=C\C/C=C\C/C=C\CCCCCCCCCC(=O)OC1C(OCC(COC(=O)CCCCCCCCCCCCCCCCC)OC(=O)CCCCC/C=C\C/C=C\C/C=C\CC)OC(C(=O)O)C(O)C1O. The second-order valence-electron chi connectivity index (χ2n) is 20.2. The van der Waals surface area contributed by atoms with Gasteiger partial charge >= 0.3 is 23.9 Å². The lowest BCUT2D eigenvalue weighted by atomic mass is 9.98. The van der Waals surface area contributed by atoms with E-state index < -0.39 is 67.3 Å². The van der Waals surface area contributed by atoms with Crippen LogP contribution in [0, 0.1) is 0 Å². The largest absolute Gasteiger partial charge is 0.479 e. The molecule has 0 bridgehead atoms. The number of aliphatic hydroxyl groups excluding tert-OH is 2. The highest BCUT2D eigenvalue weighted by molar-refractivity contribution is 5.74. The van der Waals surface area contributed by atoms with E-state index in [0.717, 1.165) is 122 Å². The highest BCUT2D eigenvalue weighted by Gasteiger charge is 2.50. The first-order valence-electron chi connectivity index (χ1n) is 29.9. The van der Waals surface area contributed by atoms with Gasteiger partial charge in [0.25, 0.3) is 0 Å². The van der Waals surface area contributed by atoms with Crippen molar-refractivity contribution in [3.8, 4) is 0 Å². The Kier molecular flexibility index (Phi) is 47.0. The van der Waals surface area contributed by atoms with E-state index in [0.29, 0.717) is 19.3 Å². The van der Waals surface area contributed by atoms with E-state index in [4.69, 9.17) is 23.7 Å². The van der Waals surface area contributed by atoms with Crippen LogP contribution in [0.4, 0.5) is 0 Å². The number of carbonyl (C=O) groups is 4. The third-order valence-electron chi connectivity index (χ3n) is 13.3. The lowest BCUT2D eigenvalue weighted by Gasteiger charge is -2.40. The molecule has 0 aliphatic carbocycles. The quantitative estimate of drug-likeness (QED) is 0.0228. The first-order valence-corrected chi connectivity index (χ1v) is 29.9. The zero-order chi connectivity index (χ0) is 54.7. The molecule has 3 N–H and O–H groups in total. The van der Waals surface area contributed by atoms with Gasteiger partial charge in [0.15, 0.2) is 24.6 Å². The van der Waals surface area contributed by atoms with Crippen LogP contribution >= 0.6 is 0 Å². The van der Waals surface area contributed by atoms with Gasteiger partial charge < -0.3 is 39.0 Å². The average molecular weight is 1060 g/mol. The Morgan fingerprint density at radius 2 is 0.840 bits per heavy atom. The maximum absolute atomic E-state index is 13.1. The van der Waals surface area contributed by atoms with Crippen LogP contribution in [0.3, 0.4) is 0 Å². The van der Waals surface area contributed by atoms with Crippen molar-refractivity contribution >= 4 is 23.9 Å². The number of esters is 3. The fourth-order valence-electron chi connectivity index (χ4n) is 8.75. The summed E-state index contributed by atoms with van der Waals surface area (Å²) >= 11 is 0. The topological polar surface area (TPSA) is 175 Å². The minimum absolute atomic E-state index is 0.0445. The molecular formula is C63H106O12. The van der Waals surface area contributed by atoms with E-state index in [-0.39, 0.29) is 25.9 Å². The predicted molar refractivity (Wildman–Crippen MR) is 303 cm³/mol. The summed E-state index contributed by atoms with van der Waals surface area (Å²) in [5.74, 6) is -3.16. The van der Waals surface area contributed by atoms with Crippen molar-refractivity contribution in [3.63, 3.8) is 0 Å². The molecule has 6 atom stereocenters. The molecule has 1 heterocycles. The maximum atomic E-state index is 13.1. The van der Waals surface area contributed by atoms with Crippen molar-refractivity contribution in [1.82, 2.24) is 0 Å². The van der Waals surface area contributed by atoms with Gasteiger partial charge in [0, 0.05) is 19.3 Å². The molecule has 0 amide bonds. The number of rotatable bonds is 50. The van der Waals surface area contributed by atoms with E-state index in [2.05, 4.69) is 93.7 Å². The molecule has 0 aromatic heterocycles. The van der Waals surface area contributed by atoms with Crippen LogP contribution in [0.5, 0.6) is 0 Å². The molecule has 0 spiro atoms. The molecule has 1 rings (SSSR count). The molecule has 430 valence electrons. The summed E-state index contributed by atoms with van der Waals surface area (Å²) < 4.78 is 28.4. The molecule has 0 aromatic carbocycles. The van der Waals surface area contributed by atoms with Crippen molar-refractivity contribution in [3.05, 3.63) is 72.9 Å². The molecule has 75 heavy (non-hydrogen) atoms. The second-order valence-corrected chi connectivity index (χ2v) is 20.2. The zero-order valence-electron chi connectivity index (χ0n) is 47.3. The molecule has 0 radical (unpaired) electrons. The number of carbonyl (C=O) groups excluding carboxylic acids is 3. The number of hydrogen-bond donors (Lipinski definition) is 3. The average Bonchev–Trinajstić information content (AvgIpc) is 3.39. The molecule has 12 heteroatoms. The Hall–Kier alpha value is -3.84. The smallest absolute Gasteiger partial charge is 0.335 e. The summed E-state index contributed by atoms with van der Waals surface area (Å²) in [5.41, 5.74) is 0. The number of carboxylic acid groups (broad SMARTS) is 1. The predicted octanol–water partition coefficient (Wildman–Crippen LogP) is 15.3. The molecule has 0 saturated carbocycles. The van der Waals surface area contributed by atoms with Gasteiger partial charge in [0.1, 0.15) is 18.8 Å². The molecule has 1 aliphatic rings. The van der Waals surface area contributed by atoms with Crippen molar-refractivity contribution in [2.24, 2.45) is 0 Å². The van der Waals surface area contributed by atoms with Crippen molar-refractivity contribution in [2.45, 2.75) is 289 Å². The molecule has 1 saturated heterocycles. The lowest BCUT2D eigenvalue weighted by Crippen LogP contribution is -2.61. The van der Waals surface area contributed by atoms with Crippen LogP contribution in [0.15, 0.2) is 72.9 Å². The minimum atomic E-state index is -1.91. The van der Waals surface area contributed by atoms with Crippen molar-refractivity contribution in [2.75, 3.05) is 13.2 Å². The Bertz CT molecular complexity index is 1580. The van der Waals surface area contributed by atoms with E-state index in [1.54, 1.807) is 0 Å². The molecule has 6 unspecified atom stereocenters. The Morgan fingerprint density at radius 3 is 1.29 bits per heavy atom. The van der Waals surface area contributed by atoms with Crippen LogP contribution in [-0.2, 0) is 42.9 Å². The van der Waals surface area contributed by atoms with Gasteiger partial charge in [0.2, 0.25) is 0 Å². The molecule has 1 fully saturated rings. The first kappa shape index (κ1) is 69.2. The number of aliphatic carboxylic acids is 1. The van der Waals surface area contributed by atoms with Crippen molar-refractivity contribution < 1.29 is 58.2 Å². The normalized spacial score (nSPS) is 18.7. The summed E-state index contributed by atoms with van der Waals surface area (Å²) in [6.45, 7) is 5.75. The molecular weight excluding hydrogens is 949 g/mol. The highest BCUT2D eigenvalue weighted by Crippen LogP contribution is 2.26. The highest BCUT2D eigenvalue weighted by atomic mass is 16.7. The second kappa shape index (κ2) is 50.9. The molecule has 1 aliphatic heterocycles. The van der Waals surface area contributed by atoms with E-state index in [1.807, 2.05) is 0 Å². The van der Waals surface area contributed by atoms with Gasteiger partial charge in [-0.1, -0.05) is 222 Å². The van der Waals surface area contributed by atoms with Gasteiger partial charge in [-0.2, -0.15) is 0 Å². The van der Waals surface area contributed by atoms with Crippen LogP contribution in [0.1, 0.15) is 252 Å². The van der Waals surface area contributed by atoms with Crippen LogP contribution in [-0.4, -0.2) is 89.2 Å². The summed E-state index contributed by atoms with van der Waals surface area (Å²) in [7, 11) is 0. The zero-order valence-corrected chi connectivity index (χ0v) is 47.3.